The minimum atomic E-state index is -3.93. The fourth-order valence-corrected chi connectivity index (χ4v) is 3.83. The average Bonchev–Trinajstić information content (AvgIpc) is 2.69. The maximum Gasteiger partial charge on any atom is 0.415 e. The first-order chi connectivity index (χ1) is 9.15. The standard InChI is InChI=1S/C12H18F2O5S/c1-10(2)7-4-5-11(10,3)8(6-7)17-9(15)12(13,14)20-19-18-16/h7-8,16H,4-6H2,1-3H3. The van der Waals surface area contributed by atoms with Crippen LogP contribution < -0.4 is 0 Å². The van der Waals surface area contributed by atoms with Gasteiger partial charge in [0, 0.05) is 5.41 Å². The first kappa shape index (κ1) is 15.9. The molecular weight excluding hydrogens is 294 g/mol. The molecule has 0 spiro atoms. The van der Waals surface area contributed by atoms with Gasteiger partial charge in [0.15, 0.2) is 0 Å². The van der Waals surface area contributed by atoms with Gasteiger partial charge in [-0.2, -0.15) is 8.78 Å². The highest BCUT2D eigenvalue weighted by Gasteiger charge is 2.63. The van der Waals surface area contributed by atoms with Crippen molar-refractivity contribution in [2.75, 3.05) is 0 Å². The number of carbonyl (C=O) groups is 1. The van der Waals surface area contributed by atoms with Crippen molar-refractivity contribution in [1.29, 1.82) is 0 Å². The van der Waals surface area contributed by atoms with Crippen LogP contribution in [0.1, 0.15) is 40.0 Å². The molecule has 0 saturated heterocycles. The summed E-state index contributed by atoms with van der Waals surface area (Å²) in [6.45, 7) is 6.17. The molecule has 0 heterocycles. The molecule has 5 nitrogen and oxygen atoms in total. The zero-order chi connectivity index (χ0) is 15.2. The second-order valence-corrected chi connectivity index (χ2v) is 7.06. The minimum Gasteiger partial charge on any atom is -0.457 e. The number of hydrogen-bond donors (Lipinski definition) is 1. The van der Waals surface area contributed by atoms with Gasteiger partial charge >= 0.3 is 11.2 Å². The highest BCUT2D eigenvalue weighted by molar-refractivity contribution is 7.96. The van der Waals surface area contributed by atoms with Gasteiger partial charge in [-0.15, -0.1) is 4.33 Å². The first-order valence-corrected chi connectivity index (χ1v) is 7.14. The molecule has 0 aromatic carbocycles. The molecule has 3 unspecified atom stereocenters. The van der Waals surface area contributed by atoms with Gasteiger partial charge in [-0.3, -0.25) is 0 Å². The fraction of sp³-hybridized carbons (Fsp3) is 0.917. The summed E-state index contributed by atoms with van der Waals surface area (Å²) in [7, 11) is 0. The number of halogens is 2. The van der Waals surface area contributed by atoms with Crippen LogP contribution in [0, 0.1) is 16.7 Å². The third-order valence-electron chi connectivity index (χ3n) is 5.37. The summed E-state index contributed by atoms with van der Waals surface area (Å²) in [6, 6.07) is 0. The Morgan fingerprint density at radius 2 is 2.05 bits per heavy atom. The van der Waals surface area contributed by atoms with Crippen LogP contribution in [0.2, 0.25) is 0 Å². The molecule has 2 aliphatic rings. The molecule has 0 aromatic rings. The van der Waals surface area contributed by atoms with Crippen LogP contribution in [0.15, 0.2) is 0 Å². The largest absolute Gasteiger partial charge is 0.457 e. The lowest BCUT2D eigenvalue weighted by molar-refractivity contribution is -0.433. The van der Waals surface area contributed by atoms with Gasteiger partial charge in [0.2, 0.25) is 0 Å². The third-order valence-corrected chi connectivity index (χ3v) is 5.87. The van der Waals surface area contributed by atoms with Crippen molar-refractivity contribution < 1.29 is 32.9 Å². The molecule has 1 N–H and O–H groups in total. The SMILES string of the molecule is CC1(C)C2CCC1(C)C(OC(=O)C(F)(F)SOOO)C2. The number of fused-ring (bicyclic) bond motifs is 2. The van der Waals surface area contributed by atoms with Gasteiger partial charge < -0.3 is 4.74 Å². The van der Waals surface area contributed by atoms with Gasteiger partial charge in [-0.1, -0.05) is 25.8 Å². The van der Waals surface area contributed by atoms with Crippen molar-refractivity contribution in [3.8, 4) is 0 Å². The molecule has 2 rings (SSSR count). The molecule has 116 valence electrons. The molecule has 8 heteroatoms. The van der Waals surface area contributed by atoms with E-state index in [0.717, 1.165) is 12.8 Å². The van der Waals surface area contributed by atoms with Crippen LogP contribution in [-0.4, -0.2) is 22.6 Å². The quantitative estimate of drug-likeness (QED) is 0.363. The van der Waals surface area contributed by atoms with Crippen LogP contribution >= 0.6 is 12.0 Å². The van der Waals surface area contributed by atoms with E-state index in [2.05, 4.69) is 23.2 Å². The van der Waals surface area contributed by atoms with E-state index in [1.54, 1.807) is 0 Å². The lowest BCUT2D eigenvalue weighted by Gasteiger charge is -2.38. The first-order valence-electron chi connectivity index (χ1n) is 6.40. The Hall–Kier alpha value is -0.440. The highest BCUT2D eigenvalue weighted by atomic mass is 32.2. The second kappa shape index (κ2) is 5.08. The van der Waals surface area contributed by atoms with Gasteiger partial charge in [0.25, 0.3) is 0 Å². The number of hydrogen-bond acceptors (Lipinski definition) is 6. The van der Waals surface area contributed by atoms with E-state index in [9.17, 15) is 13.6 Å². The summed E-state index contributed by atoms with van der Waals surface area (Å²) in [5.41, 5.74) is -0.326. The Morgan fingerprint density at radius 1 is 1.40 bits per heavy atom. The van der Waals surface area contributed by atoms with Crippen molar-refractivity contribution in [3.05, 3.63) is 0 Å². The zero-order valence-corrected chi connectivity index (χ0v) is 12.3. The lowest BCUT2D eigenvalue weighted by Crippen LogP contribution is -2.41. The normalized spacial score (nSPS) is 35.3. The number of rotatable bonds is 5. The van der Waals surface area contributed by atoms with E-state index in [4.69, 9.17) is 9.99 Å². The molecule has 2 bridgehead atoms. The maximum atomic E-state index is 13.4. The van der Waals surface area contributed by atoms with E-state index in [0.29, 0.717) is 12.3 Å². The number of alkyl halides is 2. The highest BCUT2D eigenvalue weighted by Crippen LogP contribution is 2.66. The predicted molar refractivity (Wildman–Crippen MR) is 66.4 cm³/mol. The number of carbonyl (C=O) groups excluding carboxylic acids is 1. The Balaban J connectivity index is 2.03. The van der Waals surface area contributed by atoms with Crippen LogP contribution in [0.5, 0.6) is 0 Å². The monoisotopic (exact) mass is 312 g/mol. The summed E-state index contributed by atoms with van der Waals surface area (Å²) in [6.07, 6.45) is 1.97. The predicted octanol–water partition coefficient (Wildman–Crippen LogP) is 3.41. The summed E-state index contributed by atoms with van der Waals surface area (Å²) in [5.74, 6) is -1.29. The average molecular weight is 312 g/mol. The number of ether oxygens (including phenoxy) is 1. The summed E-state index contributed by atoms with van der Waals surface area (Å²) in [4.78, 5) is 11.5. The number of esters is 1. The van der Waals surface area contributed by atoms with Gasteiger partial charge in [-0.25, -0.2) is 10.1 Å². The van der Waals surface area contributed by atoms with E-state index < -0.39 is 29.4 Å². The molecule has 20 heavy (non-hydrogen) atoms. The molecule has 0 amide bonds. The topological polar surface area (TPSA) is 65.0 Å². The van der Waals surface area contributed by atoms with Gasteiger partial charge in [0.1, 0.15) is 18.1 Å². The third kappa shape index (κ3) is 2.32. The van der Waals surface area contributed by atoms with Crippen molar-refractivity contribution in [3.63, 3.8) is 0 Å². The fourth-order valence-electron chi connectivity index (χ4n) is 3.60. The summed E-state index contributed by atoms with van der Waals surface area (Å²) in [5, 5.41) is 7.01. The van der Waals surface area contributed by atoms with Crippen LogP contribution in [0.25, 0.3) is 0 Å². The molecule has 3 atom stereocenters. The molecule has 0 aliphatic heterocycles. The zero-order valence-electron chi connectivity index (χ0n) is 11.5. The van der Waals surface area contributed by atoms with Gasteiger partial charge in [-0.05, 0) is 30.6 Å². The van der Waals surface area contributed by atoms with Crippen molar-refractivity contribution in [2.24, 2.45) is 16.7 Å². The summed E-state index contributed by atoms with van der Waals surface area (Å²) < 4.78 is 35.4. The molecule has 0 radical (unpaired) electrons. The smallest absolute Gasteiger partial charge is 0.415 e. The van der Waals surface area contributed by atoms with Crippen LogP contribution in [-0.2, 0) is 18.9 Å². The van der Waals surface area contributed by atoms with Crippen molar-refractivity contribution in [1.82, 2.24) is 0 Å². The van der Waals surface area contributed by atoms with Gasteiger partial charge in [0.05, 0.1) is 0 Å². The lowest BCUT2D eigenvalue weighted by atomic mass is 9.70. The molecule has 0 aromatic heterocycles. The van der Waals surface area contributed by atoms with Crippen LogP contribution in [0.4, 0.5) is 8.78 Å². The Morgan fingerprint density at radius 3 is 2.50 bits per heavy atom. The summed E-state index contributed by atoms with van der Waals surface area (Å²) >= 11 is -0.591. The second-order valence-electron chi connectivity index (χ2n) is 6.25. The maximum absolute atomic E-state index is 13.4. The van der Waals surface area contributed by atoms with E-state index in [1.807, 2.05) is 6.92 Å². The minimum absolute atomic E-state index is 0.0366. The van der Waals surface area contributed by atoms with Crippen molar-refractivity contribution in [2.45, 2.75) is 51.4 Å². The van der Waals surface area contributed by atoms with E-state index in [1.165, 1.54) is 0 Å². The molecular formula is C12H18F2O5S. The van der Waals surface area contributed by atoms with Crippen LogP contribution in [0.3, 0.4) is 0 Å². The van der Waals surface area contributed by atoms with Crippen molar-refractivity contribution >= 4 is 18.0 Å². The Labute approximate surface area is 120 Å². The molecule has 2 fully saturated rings. The van der Waals surface area contributed by atoms with E-state index >= 15 is 0 Å². The Kier molecular flexibility index (Phi) is 4.05. The Bertz CT molecular complexity index is 403. The molecule has 2 aliphatic carbocycles. The van der Waals surface area contributed by atoms with E-state index in [-0.39, 0.29) is 10.8 Å². The molecule has 2 saturated carbocycles.